The van der Waals surface area contributed by atoms with Crippen LogP contribution in [0.15, 0.2) is 48.5 Å². The zero-order valence-electron chi connectivity index (χ0n) is 15.8. The minimum atomic E-state index is 0.455. The molecule has 2 aromatic carbocycles. The second-order valence-corrected chi connectivity index (χ2v) is 7.36. The molecule has 0 bridgehead atoms. The smallest absolute Gasteiger partial charge is 0.0432 e. The Hall–Kier alpha value is -1.80. The summed E-state index contributed by atoms with van der Waals surface area (Å²) in [5.74, 6) is 0.670. The number of hydrogen-bond acceptors (Lipinski definition) is 2. The molecular formula is C22H32N2. The summed E-state index contributed by atoms with van der Waals surface area (Å²) in [4.78, 5) is 2.50. The Morgan fingerprint density at radius 1 is 0.958 bits per heavy atom. The number of aryl methyl sites for hydroxylation is 1. The second-order valence-electron chi connectivity index (χ2n) is 7.36. The van der Waals surface area contributed by atoms with Crippen molar-refractivity contribution in [3.63, 3.8) is 0 Å². The number of rotatable bonds is 8. The topological polar surface area (TPSA) is 15.3 Å². The van der Waals surface area contributed by atoms with Gasteiger partial charge in [0.1, 0.15) is 0 Å². The lowest BCUT2D eigenvalue weighted by Gasteiger charge is -2.31. The summed E-state index contributed by atoms with van der Waals surface area (Å²) in [6.07, 6.45) is 0. The molecule has 0 saturated heterocycles. The summed E-state index contributed by atoms with van der Waals surface area (Å²) < 4.78 is 0. The van der Waals surface area contributed by atoms with Gasteiger partial charge in [-0.2, -0.15) is 0 Å². The van der Waals surface area contributed by atoms with Crippen molar-refractivity contribution in [1.29, 1.82) is 0 Å². The highest BCUT2D eigenvalue weighted by Crippen LogP contribution is 2.26. The van der Waals surface area contributed by atoms with E-state index in [0.717, 1.165) is 19.6 Å². The van der Waals surface area contributed by atoms with Gasteiger partial charge in [-0.05, 0) is 50.4 Å². The minimum Gasteiger partial charge on any atom is -0.365 e. The van der Waals surface area contributed by atoms with Crippen LogP contribution >= 0.6 is 0 Å². The van der Waals surface area contributed by atoms with Crippen LogP contribution in [0, 0.1) is 12.8 Å². The molecule has 0 radical (unpaired) electrons. The number of benzene rings is 2. The highest BCUT2D eigenvalue weighted by molar-refractivity contribution is 5.56. The first-order valence-electron chi connectivity index (χ1n) is 9.08. The summed E-state index contributed by atoms with van der Waals surface area (Å²) in [5, 5.41) is 3.60. The molecule has 0 saturated carbocycles. The lowest BCUT2D eigenvalue weighted by Crippen LogP contribution is -2.32. The maximum atomic E-state index is 3.60. The van der Waals surface area contributed by atoms with Gasteiger partial charge in [0.15, 0.2) is 0 Å². The van der Waals surface area contributed by atoms with Crippen molar-refractivity contribution in [3.05, 3.63) is 65.2 Å². The average molecular weight is 325 g/mol. The van der Waals surface area contributed by atoms with Crippen molar-refractivity contribution in [2.45, 2.75) is 53.8 Å². The molecule has 0 unspecified atom stereocenters. The standard InChI is InChI=1S/C22H32N2/c1-17(2)14-23-15-21-13-19(5)11-12-22(21)24(18(3)4)16-20-9-7-6-8-10-20/h6-13,17-18,23H,14-16H2,1-5H3. The third kappa shape index (κ3) is 5.38. The normalized spacial score (nSPS) is 11.3. The maximum Gasteiger partial charge on any atom is 0.0432 e. The van der Waals surface area contributed by atoms with Crippen LogP contribution in [0.4, 0.5) is 5.69 Å². The Morgan fingerprint density at radius 2 is 1.67 bits per heavy atom. The largest absolute Gasteiger partial charge is 0.365 e. The van der Waals surface area contributed by atoms with Crippen LogP contribution in [0.1, 0.15) is 44.4 Å². The molecule has 2 heteroatoms. The first-order valence-corrected chi connectivity index (χ1v) is 9.08. The summed E-state index contributed by atoms with van der Waals surface area (Å²) in [6, 6.07) is 18.0. The fraction of sp³-hybridized carbons (Fsp3) is 0.455. The molecule has 0 aliphatic heterocycles. The van der Waals surface area contributed by atoms with E-state index in [2.05, 4.69) is 93.4 Å². The summed E-state index contributed by atoms with van der Waals surface area (Å²) in [6.45, 7) is 14.1. The van der Waals surface area contributed by atoms with Gasteiger partial charge in [-0.25, -0.2) is 0 Å². The predicted octanol–water partition coefficient (Wildman–Crippen LogP) is 5.16. The van der Waals surface area contributed by atoms with E-state index in [9.17, 15) is 0 Å². The van der Waals surface area contributed by atoms with Gasteiger partial charge in [-0.15, -0.1) is 0 Å². The highest BCUT2D eigenvalue weighted by atomic mass is 15.2. The van der Waals surface area contributed by atoms with Crippen molar-refractivity contribution >= 4 is 5.69 Å². The van der Waals surface area contributed by atoms with Crippen LogP contribution in [-0.4, -0.2) is 12.6 Å². The molecule has 0 heterocycles. The Labute approximate surface area is 147 Å². The van der Waals surface area contributed by atoms with E-state index >= 15 is 0 Å². The zero-order valence-corrected chi connectivity index (χ0v) is 15.8. The van der Waals surface area contributed by atoms with E-state index in [4.69, 9.17) is 0 Å². The van der Waals surface area contributed by atoms with E-state index in [1.807, 2.05) is 0 Å². The number of nitrogens with zero attached hydrogens (tertiary/aromatic N) is 1. The summed E-state index contributed by atoms with van der Waals surface area (Å²) in [7, 11) is 0. The van der Waals surface area contributed by atoms with Crippen LogP contribution in [0.5, 0.6) is 0 Å². The Morgan fingerprint density at radius 3 is 2.29 bits per heavy atom. The Kier molecular flexibility index (Phi) is 6.86. The molecule has 0 fully saturated rings. The third-order valence-corrected chi connectivity index (χ3v) is 4.23. The van der Waals surface area contributed by atoms with Crippen LogP contribution in [0.3, 0.4) is 0 Å². The van der Waals surface area contributed by atoms with Crippen molar-refractivity contribution in [3.8, 4) is 0 Å². The predicted molar refractivity (Wildman–Crippen MR) is 105 cm³/mol. The van der Waals surface area contributed by atoms with Gasteiger partial charge in [0.05, 0.1) is 0 Å². The Bertz CT molecular complexity index is 617. The van der Waals surface area contributed by atoms with Crippen molar-refractivity contribution in [1.82, 2.24) is 5.32 Å². The number of anilines is 1. The number of hydrogen-bond donors (Lipinski definition) is 1. The van der Waals surface area contributed by atoms with Crippen LogP contribution < -0.4 is 10.2 Å². The van der Waals surface area contributed by atoms with Gasteiger partial charge in [0.25, 0.3) is 0 Å². The van der Waals surface area contributed by atoms with Gasteiger partial charge < -0.3 is 10.2 Å². The molecule has 2 rings (SSSR count). The second kappa shape index (κ2) is 8.89. The molecule has 1 N–H and O–H groups in total. The molecule has 2 aromatic rings. The summed E-state index contributed by atoms with van der Waals surface area (Å²) >= 11 is 0. The molecule has 0 spiro atoms. The van der Waals surface area contributed by atoms with Gasteiger partial charge in [-0.1, -0.05) is 61.9 Å². The van der Waals surface area contributed by atoms with Gasteiger partial charge >= 0.3 is 0 Å². The molecule has 0 amide bonds. The van der Waals surface area contributed by atoms with Crippen LogP contribution in [-0.2, 0) is 13.1 Å². The van der Waals surface area contributed by atoms with Gasteiger partial charge in [0, 0.05) is 24.8 Å². The number of nitrogens with one attached hydrogen (secondary N) is 1. The molecule has 0 aromatic heterocycles. The van der Waals surface area contributed by atoms with Crippen molar-refractivity contribution in [2.24, 2.45) is 5.92 Å². The van der Waals surface area contributed by atoms with Crippen LogP contribution in [0.2, 0.25) is 0 Å². The molecular weight excluding hydrogens is 292 g/mol. The maximum absolute atomic E-state index is 3.60. The quantitative estimate of drug-likeness (QED) is 0.722. The average Bonchev–Trinajstić information content (AvgIpc) is 2.54. The van der Waals surface area contributed by atoms with E-state index in [1.165, 1.54) is 22.4 Å². The molecule has 0 aliphatic rings. The van der Waals surface area contributed by atoms with Crippen molar-refractivity contribution in [2.75, 3.05) is 11.4 Å². The van der Waals surface area contributed by atoms with E-state index in [0.29, 0.717) is 12.0 Å². The van der Waals surface area contributed by atoms with Gasteiger partial charge in [-0.3, -0.25) is 0 Å². The highest BCUT2D eigenvalue weighted by Gasteiger charge is 2.15. The molecule has 0 aliphatic carbocycles. The SMILES string of the molecule is Cc1ccc(N(Cc2ccccc2)C(C)C)c(CNCC(C)C)c1. The third-order valence-electron chi connectivity index (χ3n) is 4.23. The van der Waals surface area contributed by atoms with E-state index in [-0.39, 0.29) is 0 Å². The first-order chi connectivity index (χ1) is 11.5. The Balaban J connectivity index is 2.25. The lowest BCUT2D eigenvalue weighted by atomic mass is 10.1. The van der Waals surface area contributed by atoms with Crippen LogP contribution in [0.25, 0.3) is 0 Å². The van der Waals surface area contributed by atoms with E-state index in [1.54, 1.807) is 0 Å². The fourth-order valence-corrected chi connectivity index (χ4v) is 2.96. The van der Waals surface area contributed by atoms with E-state index < -0.39 is 0 Å². The molecule has 2 nitrogen and oxygen atoms in total. The van der Waals surface area contributed by atoms with Gasteiger partial charge in [0.2, 0.25) is 0 Å². The fourth-order valence-electron chi connectivity index (χ4n) is 2.96. The first kappa shape index (κ1) is 18.5. The minimum absolute atomic E-state index is 0.455. The molecule has 0 atom stereocenters. The summed E-state index contributed by atoms with van der Waals surface area (Å²) in [5.41, 5.74) is 5.41. The van der Waals surface area contributed by atoms with Crippen molar-refractivity contribution < 1.29 is 0 Å². The monoisotopic (exact) mass is 324 g/mol. The molecule has 24 heavy (non-hydrogen) atoms. The lowest BCUT2D eigenvalue weighted by molar-refractivity contribution is 0.551. The zero-order chi connectivity index (χ0) is 17.5. The molecule has 130 valence electrons.